The molecule has 2 N–H and O–H groups in total. The van der Waals surface area contributed by atoms with Gasteiger partial charge in [-0.3, -0.25) is 20.2 Å². The number of nitrogens with zero attached hydrogens (tertiary/aromatic N) is 2. The lowest BCUT2D eigenvalue weighted by Gasteiger charge is -2.21. The monoisotopic (exact) mass is 272 g/mol. The van der Waals surface area contributed by atoms with Crippen molar-refractivity contribution >= 4 is 0 Å². The lowest BCUT2D eigenvalue weighted by molar-refractivity contribution is -0.529. The minimum absolute atomic E-state index is 0.0514. The zero-order chi connectivity index (χ0) is 13.8. The molecule has 0 saturated carbocycles. The predicted octanol–water partition coefficient (Wildman–Crippen LogP) is -0.161. The van der Waals surface area contributed by atoms with E-state index in [0.717, 1.165) is 12.8 Å². The number of rotatable bonds is 5. The van der Waals surface area contributed by atoms with Crippen molar-refractivity contribution in [3.05, 3.63) is 31.7 Å². The van der Waals surface area contributed by atoms with Crippen LogP contribution in [0.5, 0.6) is 0 Å². The van der Waals surface area contributed by atoms with Crippen LogP contribution >= 0.6 is 0 Å². The summed E-state index contributed by atoms with van der Waals surface area (Å²) in [4.78, 5) is 20.6. The molecule has 0 aromatic heterocycles. The molecule has 0 aromatic carbocycles. The number of ether oxygens (including phenoxy) is 1. The maximum atomic E-state index is 10.9. The highest BCUT2D eigenvalue weighted by molar-refractivity contribution is 5.09. The van der Waals surface area contributed by atoms with Crippen LogP contribution in [-0.4, -0.2) is 41.7 Å². The summed E-state index contributed by atoms with van der Waals surface area (Å²) in [7, 11) is 0. The minimum Gasteiger partial charge on any atom is -0.376 e. The van der Waals surface area contributed by atoms with Gasteiger partial charge in [-0.2, -0.15) is 0 Å². The average Bonchev–Trinajstić information content (AvgIpc) is 2.89. The van der Waals surface area contributed by atoms with Crippen molar-refractivity contribution in [1.82, 2.24) is 10.6 Å². The topological polar surface area (TPSA) is 120 Å². The fraction of sp³-hybridized carbons (Fsp3) is 0.800. The molecular formula is C10H16N4O5. The molecule has 2 aliphatic heterocycles. The van der Waals surface area contributed by atoms with E-state index < -0.39 is 15.9 Å². The molecule has 2 heterocycles. The van der Waals surface area contributed by atoms with Crippen molar-refractivity contribution in [2.45, 2.75) is 31.4 Å². The van der Waals surface area contributed by atoms with Crippen LogP contribution in [0.2, 0.25) is 0 Å². The van der Waals surface area contributed by atoms with Crippen LogP contribution in [-0.2, 0) is 4.74 Å². The highest BCUT2D eigenvalue weighted by atomic mass is 16.6. The molecule has 0 amide bonds. The molecule has 0 bridgehead atoms. The summed E-state index contributed by atoms with van der Waals surface area (Å²) in [6, 6.07) is -0.950. The van der Waals surface area contributed by atoms with Gasteiger partial charge in [0.15, 0.2) is 5.82 Å². The highest BCUT2D eigenvalue weighted by Gasteiger charge is 2.35. The van der Waals surface area contributed by atoms with E-state index >= 15 is 0 Å². The number of hydrogen-bond donors (Lipinski definition) is 2. The summed E-state index contributed by atoms with van der Waals surface area (Å²) in [5.41, 5.74) is -0.161. The minimum atomic E-state index is -0.950. The number of hydrogen-bond acceptors (Lipinski definition) is 7. The lowest BCUT2D eigenvalue weighted by atomic mass is 10.1. The third-order valence-electron chi connectivity index (χ3n) is 3.28. The maximum Gasteiger partial charge on any atom is 0.292 e. The maximum absolute atomic E-state index is 10.9. The highest BCUT2D eigenvalue weighted by Crippen LogP contribution is 2.17. The number of nitrogens with one attached hydrogen (secondary N) is 2. The van der Waals surface area contributed by atoms with Gasteiger partial charge in [-0.25, -0.2) is 0 Å². The van der Waals surface area contributed by atoms with Gasteiger partial charge in [0.05, 0.1) is 17.6 Å². The van der Waals surface area contributed by atoms with Crippen LogP contribution < -0.4 is 10.6 Å². The fourth-order valence-electron chi connectivity index (χ4n) is 2.22. The second-order valence-corrected chi connectivity index (χ2v) is 4.62. The van der Waals surface area contributed by atoms with E-state index in [-0.39, 0.29) is 30.6 Å². The standard InChI is InChI=1S/C10H16N4O5/c15-13(16)7-4-9(14(17)18)10(11-5-7)12-6-8-2-1-3-19-8/h7-8,11-12H,1-6H2/t7-,8-/m1/s1. The van der Waals surface area contributed by atoms with Crippen molar-refractivity contribution in [3.63, 3.8) is 0 Å². The Hall–Kier alpha value is -1.90. The Labute approximate surface area is 109 Å². The second kappa shape index (κ2) is 5.83. The Morgan fingerprint density at radius 3 is 2.79 bits per heavy atom. The lowest BCUT2D eigenvalue weighted by Crippen LogP contribution is -2.44. The van der Waals surface area contributed by atoms with E-state index in [1.165, 1.54) is 0 Å². The van der Waals surface area contributed by atoms with Crippen LogP contribution in [0.25, 0.3) is 0 Å². The van der Waals surface area contributed by atoms with E-state index in [4.69, 9.17) is 4.74 Å². The van der Waals surface area contributed by atoms with Crippen LogP contribution in [0.15, 0.2) is 11.5 Å². The molecule has 1 saturated heterocycles. The first-order chi connectivity index (χ1) is 9.08. The molecule has 9 nitrogen and oxygen atoms in total. The third kappa shape index (κ3) is 3.31. The van der Waals surface area contributed by atoms with Crippen molar-refractivity contribution in [2.24, 2.45) is 0 Å². The summed E-state index contributed by atoms with van der Waals surface area (Å²) in [6.07, 6.45) is 1.80. The zero-order valence-electron chi connectivity index (χ0n) is 10.3. The van der Waals surface area contributed by atoms with E-state index in [9.17, 15) is 20.2 Å². The molecule has 106 valence electrons. The van der Waals surface area contributed by atoms with Crippen molar-refractivity contribution in [2.75, 3.05) is 19.7 Å². The van der Waals surface area contributed by atoms with Gasteiger partial charge in [0.2, 0.25) is 6.04 Å². The van der Waals surface area contributed by atoms with Gasteiger partial charge in [-0.1, -0.05) is 0 Å². The first kappa shape index (κ1) is 13.5. The summed E-state index contributed by atoms with van der Waals surface area (Å²) >= 11 is 0. The normalized spacial score (nSPS) is 26.9. The second-order valence-electron chi connectivity index (χ2n) is 4.62. The van der Waals surface area contributed by atoms with Crippen LogP contribution in [0.1, 0.15) is 19.3 Å². The molecule has 2 aliphatic rings. The van der Waals surface area contributed by atoms with Gasteiger partial charge in [-0.15, -0.1) is 0 Å². The Morgan fingerprint density at radius 2 is 2.21 bits per heavy atom. The van der Waals surface area contributed by atoms with Gasteiger partial charge in [0.1, 0.15) is 6.42 Å². The summed E-state index contributed by atoms with van der Waals surface area (Å²) < 4.78 is 5.41. The van der Waals surface area contributed by atoms with E-state index in [1.807, 2.05) is 0 Å². The molecule has 0 spiro atoms. The largest absolute Gasteiger partial charge is 0.376 e. The third-order valence-corrected chi connectivity index (χ3v) is 3.28. The Balaban J connectivity index is 2.00. The Kier molecular flexibility index (Phi) is 4.15. The van der Waals surface area contributed by atoms with Crippen molar-refractivity contribution in [1.29, 1.82) is 0 Å². The summed E-state index contributed by atoms with van der Waals surface area (Å²) in [5.74, 6) is 0.276. The molecule has 0 aliphatic carbocycles. The first-order valence-corrected chi connectivity index (χ1v) is 6.18. The number of nitro groups is 2. The van der Waals surface area contributed by atoms with Crippen molar-refractivity contribution < 1.29 is 14.6 Å². The van der Waals surface area contributed by atoms with E-state index in [0.29, 0.717) is 13.2 Å². The molecule has 9 heteroatoms. The van der Waals surface area contributed by atoms with E-state index in [2.05, 4.69) is 10.6 Å². The van der Waals surface area contributed by atoms with Gasteiger partial charge >= 0.3 is 0 Å². The molecule has 2 atom stereocenters. The van der Waals surface area contributed by atoms with Crippen LogP contribution in [0.4, 0.5) is 0 Å². The smallest absolute Gasteiger partial charge is 0.292 e. The van der Waals surface area contributed by atoms with Crippen LogP contribution in [0.3, 0.4) is 0 Å². The van der Waals surface area contributed by atoms with Crippen LogP contribution in [0, 0.1) is 20.2 Å². The first-order valence-electron chi connectivity index (χ1n) is 6.18. The summed E-state index contributed by atoms with van der Waals surface area (Å²) in [5, 5.41) is 27.3. The SMILES string of the molecule is O=[N+]([O-])C1=C(NC[C@H]2CCCO2)NC[C@H]([N+](=O)[O-])C1. The van der Waals surface area contributed by atoms with Crippen molar-refractivity contribution in [3.8, 4) is 0 Å². The van der Waals surface area contributed by atoms with E-state index in [1.54, 1.807) is 0 Å². The van der Waals surface area contributed by atoms with Gasteiger partial charge in [0.25, 0.3) is 5.70 Å². The predicted molar refractivity (Wildman–Crippen MR) is 64.4 cm³/mol. The molecule has 0 radical (unpaired) electrons. The van der Waals surface area contributed by atoms with Gasteiger partial charge in [-0.05, 0) is 12.8 Å². The average molecular weight is 272 g/mol. The zero-order valence-corrected chi connectivity index (χ0v) is 10.3. The Bertz CT molecular complexity index is 405. The molecule has 2 rings (SSSR count). The molecule has 0 aromatic rings. The quantitative estimate of drug-likeness (QED) is 0.527. The molecule has 1 fully saturated rings. The Morgan fingerprint density at radius 1 is 1.42 bits per heavy atom. The fourth-order valence-corrected chi connectivity index (χ4v) is 2.22. The molecule has 19 heavy (non-hydrogen) atoms. The van der Waals surface area contributed by atoms with Gasteiger partial charge < -0.3 is 15.4 Å². The van der Waals surface area contributed by atoms with Gasteiger partial charge in [0, 0.05) is 18.1 Å². The molecule has 0 unspecified atom stereocenters. The summed E-state index contributed by atoms with van der Waals surface area (Å²) in [6.45, 7) is 1.28. The molecular weight excluding hydrogens is 256 g/mol.